The van der Waals surface area contributed by atoms with Crippen LogP contribution in [-0.4, -0.2) is 80.3 Å². The molecule has 2 aliphatic rings. The Kier molecular flexibility index (Phi) is 9.38. The molecule has 3 amide bonds. The highest BCUT2D eigenvalue weighted by atomic mass is 16.5. The zero-order valence-electron chi connectivity index (χ0n) is 23.8. The number of likely N-dealkylation sites (tertiary alicyclic amines) is 1. The lowest BCUT2D eigenvalue weighted by atomic mass is 10.1. The van der Waals surface area contributed by atoms with E-state index in [0.29, 0.717) is 18.0 Å². The fourth-order valence-corrected chi connectivity index (χ4v) is 5.53. The number of hydrogen-bond acceptors (Lipinski definition) is 6. The van der Waals surface area contributed by atoms with Crippen LogP contribution in [0.3, 0.4) is 0 Å². The van der Waals surface area contributed by atoms with Gasteiger partial charge in [-0.1, -0.05) is 42.5 Å². The van der Waals surface area contributed by atoms with Crippen LogP contribution in [0.2, 0.25) is 0 Å². The van der Waals surface area contributed by atoms with Gasteiger partial charge in [-0.05, 0) is 48.4 Å². The van der Waals surface area contributed by atoms with E-state index in [1.807, 2.05) is 78.6 Å². The minimum absolute atomic E-state index is 0.0536. The zero-order chi connectivity index (χ0) is 28.6. The first-order valence-corrected chi connectivity index (χ1v) is 14.2. The predicted octanol–water partition coefficient (Wildman–Crippen LogP) is 4.14. The SMILES string of the molecule is COc1cc(CC(=O)N2C[C@@H](Oc3ccccc3)CC2CN2CCNCC2)ccc1NC(=O)Nc1ccccc1C. The number of carbonyl (C=O) groups is 2. The number of para-hydroxylation sites is 2. The number of benzene rings is 3. The van der Waals surface area contributed by atoms with Gasteiger partial charge in [0.2, 0.25) is 5.91 Å². The summed E-state index contributed by atoms with van der Waals surface area (Å²) in [6.07, 6.45) is 0.983. The number of piperazine rings is 1. The number of methoxy groups -OCH3 is 1. The van der Waals surface area contributed by atoms with Crippen LogP contribution in [0.1, 0.15) is 17.5 Å². The van der Waals surface area contributed by atoms with Crippen molar-refractivity contribution in [1.82, 2.24) is 15.1 Å². The van der Waals surface area contributed by atoms with E-state index in [-0.39, 0.29) is 30.5 Å². The monoisotopic (exact) mass is 557 g/mol. The standard InChI is InChI=1S/C32H39N5O4/c1-23-8-6-7-11-28(23)34-32(39)35-29-13-12-24(18-30(29)40-2)19-31(38)37-22-27(41-26-9-4-3-5-10-26)20-25(37)21-36-16-14-33-15-17-36/h3-13,18,25,27,33H,14-17,19-22H2,1-2H3,(H2,34,35,39)/t25?,27-/m0/s1. The summed E-state index contributed by atoms with van der Waals surface area (Å²) < 4.78 is 11.8. The van der Waals surface area contributed by atoms with Crippen LogP contribution in [0.5, 0.6) is 11.5 Å². The van der Waals surface area contributed by atoms with Crippen molar-refractivity contribution in [3.05, 3.63) is 83.9 Å². The maximum absolute atomic E-state index is 13.7. The second-order valence-corrected chi connectivity index (χ2v) is 10.6. The van der Waals surface area contributed by atoms with Crippen LogP contribution in [0, 0.1) is 6.92 Å². The van der Waals surface area contributed by atoms with Gasteiger partial charge in [-0.3, -0.25) is 9.69 Å². The largest absolute Gasteiger partial charge is 0.495 e. The number of urea groups is 1. The zero-order valence-corrected chi connectivity index (χ0v) is 23.8. The van der Waals surface area contributed by atoms with Gasteiger partial charge in [-0.15, -0.1) is 0 Å². The number of nitrogens with zero attached hydrogens (tertiary/aromatic N) is 2. The average Bonchev–Trinajstić information content (AvgIpc) is 3.38. The molecule has 2 atom stereocenters. The highest BCUT2D eigenvalue weighted by Crippen LogP contribution is 2.28. The first-order valence-electron chi connectivity index (χ1n) is 14.2. The summed E-state index contributed by atoms with van der Waals surface area (Å²) in [7, 11) is 1.56. The Morgan fingerprint density at radius 1 is 0.951 bits per heavy atom. The summed E-state index contributed by atoms with van der Waals surface area (Å²) in [4.78, 5) is 30.7. The minimum Gasteiger partial charge on any atom is -0.495 e. The van der Waals surface area contributed by atoms with Crippen molar-refractivity contribution in [2.75, 3.05) is 57.0 Å². The van der Waals surface area contributed by atoms with Gasteiger partial charge in [0, 0.05) is 50.9 Å². The highest BCUT2D eigenvalue weighted by molar-refractivity contribution is 6.01. The number of carbonyl (C=O) groups excluding carboxylic acids is 2. The maximum atomic E-state index is 13.7. The molecule has 41 heavy (non-hydrogen) atoms. The van der Waals surface area contributed by atoms with E-state index in [2.05, 4.69) is 20.9 Å². The molecule has 216 valence electrons. The van der Waals surface area contributed by atoms with Gasteiger partial charge in [0.25, 0.3) is 0 Å². The van der Waals surface area contributed by atoms with E-state index in [4.69, 9.17) is 9.47 Å². The van der Waals surface area contributed by atoms with Gasteiger partial charge < -0.3 is 30.3 Å². The second-order valence-electron chi connectivity index (χ2n) is 10.6. The van der Waals surface area contributed by atoms with E-state index in [0.717, 1.165) is 61.7 Å². The first-order chi connectivity index (χ1) is 20.0. The molecular weight excluding hydrogens is 518 g/mol. The molecule has 2 heterocycles. The van der Waals surface area contributed by atoms with Crippen LogP contribution < -0.4 is 25.4 Å². The Hall–Kier alpha value is -4.08. The van der Waals surface area contributed by atoms with E-state index >= 15 is 0 Å². The number of aryl methyl sites for hydroxylation is 1. The van der Waals surface area contributed by atoms with Gasteiger partial charge >= 0.3 is 6.03 Å². The molecule has 9 heteroatoms. The van der Waals surface area contributed by atoms with E-state index in [1.165, 1.54) is 0 Å². The summed E-state index contributed by atoms with van der Waals surface area (Å²) in [6, 6.07) is 22.6. The molecule has 3 N–H and O–H groups in total. The number of rotatable bonds is 9. The molecule has 0 bridgehead atoms. The van der Waals surface area contributed by atoms with Crippen molar-refractivity contribution in [3.63, 3.8) is 0 Å². The molecule has 1 unspecified atom stereocenters. The quantitative estimate of drug-likeness (QED) is 0.366. The van der Waals surface area contributed by atoms with Gasteiger partial charge in [0.1, 0.15) is 17.6 Å². The molecule has 3 aromatic rings. The Bertz CT molecular complexity index is 1330. The summed E-state index contributed by atoms with van der Waals surface area (Å²) in [5.74, 6) is 1.38. The molecule has 3 aromatic carbocycles. The number of hydrogen-bond donors (Lipinski definition) is 3. The molecule has 0 aromatic heterocycles. The first kappa shape index (κ1) is 28.4. The normalized spacial score (nSPS) is 19.0. The van der Waals surface area contributed by atoms with Crippen LogP contribution in [0.4, 0.5) is 16.2 Å². The molecule has 0 spiro atoms. The summed E-state index contributed by atoms with van der Waals surface area (Å²) >= 11 is 0. The Balaban J connectivity index is 1.25. The third-order valence-corrected chi connectivity index (χ3v) is 7.68. The molecule has 2 fully saturated rings. The molecule has 2 saturated heterocycles. The van der Waals surface area contributed by atoms with Crippen molar-refractivity contribution in [2.24, 2.45) is 0 Å². The van der Waals surface area contributed by atoms with Crippen LogP contribution >= 0.6 is 0 Å². The molecular formula is C32H39N5O4. The van der Waals surface area contributed by atoms with Crippen molar-refractivity contribution in [1.29, 1.82) is 0 Å². The fraction of sp³-hybridized carbons (Fsp3) is 0.375. The second kappa shape index (κ2) is 13.5. The van der Waals surface area contributed by atoms with Crippen molar-refractivity contribution in [2.45, 2.75) is 31.9 Å². The number of ether oxygens (including phenoxy) is 2. The van der Waals surface area contributed by atoms with Crippen molar-refractivity contribution in [3.8, 4) is 11.5 Å². The Morgan fingerprint density at radius 3 is 2.44 bits per heavy atom. The van der Waals surface area contributed by atoms with Gasteiger partial charge in [-0.2, -0.15) is 0 Å². The maximum Gasteiger partial charge on any atom is 0.323 e. The summed E-state index contributed by atoms with van der Waals surface area (Å²) in [5.41, 5.74) is 3.06. The topological polar surface area (TPSA) is 95.2 Å². The molecule has 0 aliphatic carbocycles. The Labute approximate surface area is 241 Å². The third-order valence-electron chi connectivity index (χ3n) is 7.68. The number of amides is 3. The third kappa shape index (κ3) is 7.56. The summed E-state index contributed by atoms with van der Waals surface area (Å²) in [5, 5.41) is 9.12. The van der Waals surface area contributed by atoms with Gasteiger partial charge in [-0.25, -0.2) is 4.79 Å². The predicted molar refractivity (Wildman–Crippen MR) is 161 cm³/mol. The average molecular weight is 558 g/mol. The van der Waals surface area contributed by atoms with Crippen molar-refractivity contribution >= 4 is 23.3 Å². The molecule has 0 saturated carbocycles. The van der Waals surface area contributed by atoms with Crippen LogP contribution in [-0.2, 0) is 11.2 Å². The lowest BCUT2D eigenvalue weighted by molar-refractivity contribution is -0.131. The highest BCUT2D eigenvalue weighted by Gasteiger charge is 2.37. The Morgan fingerprint density at radius 2 is 1.68 bits per heavy atom. The lowest BCUT2D eigenvalue weighted by Gasteiger charge is -2.33. The molecule has 0 radical (unpaired) electrons. The van der Waals surface area contributed by atoms with E-state index in [1.54, 1.807) is 13.2 Å². The summed E-state index contributed by atoms with van der Waals surface area (Å²) in [6.45, 7) is 7.22. The van der Waals surface area contributed by atoms with E-state index < -0.39 is 0 Å². The van der Waals surface area contributed by atoms with Crippen molar-refractivity contribution < 1.29 is 19.1 Å². The molecule has 9 nitrogen and oxygen atoms in total. The number of anilines is 2. The van der Waals surface area contributed by atoms with Gasteiger partial charge in [0.15, 0.2) is 0 Å². The molecule has 5 rings (SSSR count). The van der Waals surface area contributed by atoms with Crippen LogP contribution in [0.25, 0.3) is 0 Å². The fourth-order valence-electron chi connectivity index (χ4n) is 5.53. The molecule has 2 aliphatic heterocycles. The smallest absolute Gasteiger partial charge is 0.323 e. The lowest BCUT2D eigenvalue weighted by Crippen LogP contribution is -2.49. The minimum atomic E-state index is -0.362. The number of nitrogens with one attached hydrogen (secondary N) is 3. The van der Waals surface area contributed by atoms with Crippen LogP contribution in [0.15, 0.2) is 72.8 Å². The van der Waals surface area contributed by atoms with Gasteiger partial charge in [0.05, 0.1) is 25.8 Å². The van der Waals surface area contributed by atoms with E-state index in [9.17, 15) is 9.59 Å².